The van der Waals surface area contributed by atoms with Crippen LogP contribution in [0, 0.1) is 17.0 Å². The molecule has 254 valence electrons. The van der Waals surface area contributed by atoms with E-state index in [1.165, 1.54) is 12.1 Å². The topological polar surface area (TPSA) is 128 Å². The first-order chi connectivity index (χ1) is 23.3. The van der Waals surface area contributed by atoms with Gasteiger partial charge in [-0.3, -0.25) is 9.69 Å². The number of nitrogens with zero attached hydrogens (tertiary/aromatic N) is 5. The Kier molecular flexibility index (Phi) is 9.16. The minimum Gasteiger partial charge on any atom is -0.463 e. The summed E-state index contributed by atoms with van der Waals surface area (Å²) < 4.78 is 49.8. The Bertz CT molecular complexity index is 1860. The molecule has 1 aliphatic carbocycles. The molecule has 7 rings (SSSR count). The van der Waals surface area contributed by atoms with Crippen LogP contribution >= 0.6 is 11.3 Å². The van der Waals surface area contributed by atoms with Crippen LogP contribution in [0.15, 0.2) is 30.9 Å². The zero-order valence-electron chi connectivity index (χ0n) is 26.9. The van der Waals surface area contributed by atoms with Gasteiger partial charge in [0.2, 0.25) is 5.91 Å². The first-order valence-corrected chi connectivity index (χ1v) is 17.2. The van der Waals surface area contributed by atoms with Gasteiger partial charge in [0.05, 0.1) is 49.3 Å². The molecule has 0 unspecified atom stereocenters. The zero-order chi connectivity index (χ0) is 33.4. The number of nitrogen functional groups attached to an aromatic ring is 1. The number of fused-ring (bicyclic) bond motifs is 2. The van der Waals surface area contributed by atoms with Crippen molar-refractivity contribution in [1.82, 2.24) is 25.2 Å². The van der Waals surface area contributed by atoms with Crippen molar-refractivity contribution in [2.75, 3.05) is 76.4 Å². The van der Waals surface area contributed by atoms with Crippen molar-refractivity contribution in [3.8, 4) is 17.1 Å². The van der Waals surface area contributed by atoms with Gasteiger partial charge in [-0.05, 0) is 49.1 Å². The number of benzene rings is 2. The average Bonchev–Trinajstić information content (AvgIpc) is 3.80. The summed E-state index contributed by atoms with van der Waals surface area (Å²) in [6, 6.07) is 4.46. The lowest BCUT2D eigenvalue weighted by Crippen LogP contribution is -2.44. The van der Waals surface area contributed by atoms with Crippen LogP contribution in [0.1, 0.15) is 25.3 Å². The van der Waals surface area contributed by atoms with Gasteiger partial charge in [-0.25, -0.2) is 13.8 Å². The number of rotatable bonds is 10. The Labute approximate surface area is 281 Å². The van der Waals surface area contributed by atoms with Gasteiger partial charge >= 0.3 is 6.01 Å². The number of hydrogen-bond acceptors (Lipinski definition) is 11. The highest BCUT2D eigenvalue weighted by Gasteiger charge is 2.45. The fourth-order valence-corrected chi connectivity index (χ4v) is 7.40. The number of aromatic nitrogens is 3. The highest BCUT2D eigenvalue weighted by Crippen LogP contribution is 2.47. The van der Waals surface area contributed by atoms with Gasteiger partial charge < -0.3 is 30.2 Å². The summed E-state index contributed by atoms with van der Waals surface area (Å²) in [4.78, 5) is 30.5. The Morgan fingerprint density at radius 3 is 2.71 bits per heavy atom. The normalized spacial score (nSPS) is 19.7. The molecule has 14 heteroatoms. The minimum atomic E-state index is -0.575. The van der Waals surface area contributed by atoms with Gasteiger partial charge in [0.15, 0.2) is 10.9 Å². The van der Waals surface area contributed by atoms with Gasteiger partial charge in [-0.15, -0.1) is 0 Å². The molecule has 1 amide bonds. The van der Waals surface area contributed by atoms with Crippen LogP contribution in [0.2, 0.25) is 0 Å². The highest BCUT2D eigenvalue weighted by atomic mass is 32.1. The monoisotopic (exact) mass is 679 g/mol. The molecule has 1 saturated carbocycles. The predicted octanol–water partition coefficient (Wildman–Crippen LogP) is 4.33. The predicted molar refractivity (Wildman–Crippen MR) is 181 cm³/mol. The van der Waals surface area contributed by atoms with E-state index in [1.54, 1.807) is 6.07 Å². The molecule has 0 spiro atoms. The number of anilines is 2. The number of thiazole rings is 1. The van der Waals surface area contributed by atoms with Gasteiger partial charge in [0.25, 0.3) is 0 Å². The molecule has 3 N–H and O–H groups in total. The number of hydrogen-bond donors (Lipinski definition) is 2. The maximum atomic E-state index is 17.1. The molecule has 2 saturated heterocycles. The number of nitrogens with one attached hydrogen (secondary N) is 1. The van der Waals surface area contributed by atoms with E-state index in [0.29, 0.717) is 67.2 Å². The molecular formula is C34H39F2N7O4S. The summed E-state index contributed by atoms with van der Waals surface area (Å²) in [5.41, 5.74) is 7.76. The van der Waals surface area contributed by atoms with Crippen LogP contribution in [0.25, 0.3) is 32.2 Å². The minimum absolute atomic E-state index is 0.0215. The summed E-state index contributed by atoms with van der Waals surface area (Å²) in [6.07, 6.45) is 3.74. The average molecular weight is 680 g/mol. The molecule has 4 heterocycles. The number of carbonyl (C=O) groups excluding carboxylic acids is 1. The van der Waals surface area contributed by atoms with Gasteiger partial charge in [0, 0.05) is 54.7 Å². The SMILES string of the molecule is C=CC(=O)N[C@@H]1COCCN(c2nc(OCC3(CN4CCOCC4)CC3)nc3c(F)c(-c4ccc(F)c5sc(N)nc45)c(CC)cc23)C1. The molecule has 2 aromatic heterocycles. The molecule has 4 aromatic rings. The number of carbonyl (C=O) groups is 1. The smallest absolute Gasteiger partial charge is 0.319 e. The largest absolute Gasteiger partial charge is 0.463 e. The first-order valence-electron chi connectivity index (χ1n) is 16.3. The lowest BCUT2D eigenvalue weighted by atomic mass is 9.94. The molecule has 2 aliphatic heterocycles. The Morgan fingerprint density at radius 2 is 1.96 bits per heavy atom. The van der Waals surface area contributed by atoms with Crippen LogP contribution in [0.3, 0.4) is 0 Å². The Balaban J connectivity index is 1.32. The fourth-order valence-electron chi connectivity index (χ4n) is 6.64. The quantitative estimate of drug-likeness (QED) is 0.234. The van der Waals surface area contributed by atoms with Crippen LogP contribution in [0.5, 0.6) is 6.01 Å². The van der Waals surface area contributed by atoms with E-state index in [9.17, 15) is 9.18 Å². The van der Waals surface area contributed by atoms with E-state index in [1.807, 2.05) is 17.9 Å². The third kappa shape index (κ3) is 6.53. The van der Waals surface area contributed by atoms with Gasteiger partial charge in [-0.1, -0.05) is 24.8 Å². The molecule has 3 aliphatic rings. The van der Waals surface area contributed by atoms with Crippen LogP contribution in [-0.2, 0) is 20.7 Å². The summed E-state index contributed by atoms with van der Waals surface area (Å²) in [7, 11) is 0. The third-order valence-electron chi connectivity index (χ3n) is 9.36. The summed E-state index contributed by atoms with van der Waals surface area (Å²) in [5, 5.41) is 3.62. The summed E-state index contributed by atoms with van der Waals surface area (Å²) in [6.45, 7) is 11.5. The van der Waals surface area contributed by atoms with Crippen LogP contribution in [-0.4, -0.2) is 97.6 Å². The molecule has 0 radical (unpaired) electrons. The Hall–Kier alpha value is -3.98. The zero-order valence-corrected chi connectivity index (χ0v) is 27.7. The molecule has 2 aromatic carbocycles. The lowest BCUT2D eigenvalue weighted by molar-refractivity contribution is -0.117. The first kappa shape index (κ1) is 32.6. The standard InChI is InChI=1S/C34H39F2N7O4S/c1-3-20-15-23-28(27(36)26(20)22-5-6-24(35)30-29(22)39-32(37)48-30)40-33(47-19-34(7-8-34)18-42-9-12-45-13-10-42)41-31(23)43-11-14-46-17-21(16-43)38-25(44)4-2/h4-6,15,21H,2-3,7-14,16-19H2,1H3,(H2,37,39)(H,38,44)/t21-/m0/s1. The van der Waals surface area contributed by atoms with Crippen molar-refractivity contribution in [3.05, 3.63) is 48.1 Å². The molecule has 3 fully saturated rings. The second-order valence-corrected chi connectivity index (χ2v) is 13.8. The van der Waals surface area contributed by atoms with E-state index in [-0.39, 0.29) is 44.3 Å². The fraction of sp³-hybridized carbons (Fsp3) is 0.471. The number of halogens is 2. The maximum absolute atomic E-state index is 17.1. The van der Waals surface area contributed by atoms with E-state index >= 15 is 4.39 Å². The number of nitrogens with two attached hydrogens (primary N) is 1. The molecule has 48 heavy (non-hydrogen) atoms. The van der Waals surface area contributed by atoms with Gasteiger partial charge in [-0.2, -0.15) is 9.97 Å². The summed E-state index contributed by atoms with van der Waals surface area (Å²) in [5.74, 6) is -0.864. The second-order valence-electron chi connectivity index (χ2n) is 12.7. The van der Waals surface area contributed by atoms with E-state index in [4.69, 9.17) is 24.9 Å². The van der Waals surface area contributed by atoms with E-state index < -0.39 is 11.6 Å². The van der Waals surface area contributed by atoms with Crippen molar-refractivity contribution in [2.45, 2.75) is 32.2 Å². The summed E-state index contributed by atoms with van der Waals surface area (Å²) >= 11 is 1.03. The Morgan fingerprint density at radius 1 is 1.17 bits per heavy atom. The third-order valence-corrected chi connectivity index (χ3v) is 10.3. The van der Waals surface area contributed by atoms with Crippen molar-refractivity contribution in [3.63, 3.8) is 0 Å². The van der Waals surface area contributed by atoms with Crippen molar-refractivity contribution in [1.29, 1.82) is 0 Å². The van der Waals surface area contributed by atoms with Crippen molar-refractivity contribution in [2.24, 2.45) is 5.41 Å². The molecular weight excluding hydrogens is 640 g/mol. The molecule has 1 atom stereocenters. The van der Waals surface area contributed by atoms with E-state index in [0.717, 1.165) is 57.0 Å². The number of aryl methyl sites for hydroxylation is 1. The van der Waals surface area contributed by atoms with Crippen molar-refractivity contribution >= 4 is 49.3 Å². The molecule has 0 bridgehead atoms. The number of amides is 1. The number of ether oxygens (including phenoxy) is 3. The second kappa shape index (κ2) is 13.5. The van der Waals surface area contributed by atoms with Crippen LogP contribution in [0.4, 0.5) is 19.7 Å². The maximum Gasteiger partial charge on any atom is 0.319 e. The van der Waals surface area contributed by atoms with Crippen molar-refractivity contribution < 1.29 is 27.8 Å². The molecule has 11 nitrogen and oxygen atoms in total. The van der Waals surface area contributed by atoms with E-state index in [2.05, 4.69) is 26.8 Å². The highest BCUT2D eigenvalue weighted by molar-refractivity contribution is 7.22. The van der Waals surface area contributed by atoms with Crippen LogP contribution < -0.4 is 20.7 Å². The number of morpholine rings is 1. The van der Waals surface area contributed by atoms with Gasteiger partial charge in [0.1, 0.15) is 17.2 Å². The lowest BCUT2D eigenvalue weighted by Gasteiger charge is -2.30.